The van der Waals surface area contributed by atoms with Gasteiger partial charge >= 0.3 is 0 Å². The molecule has 0 aliphatic carbocycles. The van der Waals surface area contributed by atoms with E-state index in [2.05, 4.69) is 16.0 Å². The van der Waals surface area contributed by atoms with E-state index in [1.165, 1.54) is 0 Å². The predicted molar refractivity (Wildman–Crippen MR) is 151 cm³/mol. The Bertz CT molecular complexity index is 1310. The van der Waals surface area contributed by atoms with Crippen LogP contribution in [-0.4, -0.2) is 49.0 Å². The van der Waals surface area contributed by atoms with Gasteiger partial charge < -0.3 is 31.5 Å². The van der Waals surface area contributed by atoms with Crippen LogP contribution in [0.4, 0.5) is 5.69 Å². The number of ether oxygens (including phenoxy) is 1. The van der Waals surface area contributed by atoms with Gasteiger partial charge in [-0.1, -0.05) is 41.9 Å². The SMILES string of the molecule is CC(=O)O.COCCNC(=O)c1cccc(CNc2cc(C(=N)N)ccc2CNC(=O)c2cccc(Cl)c2)c1. The van der Waals surface area contributed by atoms with Crippen LogP contribution in [0.3, 0.4) is 0 Å². The number of amides is 2. The van der Waals surface area contributed by atoms with Gasteiger partial charge in [0.25, 0.3) is 17.8 Å². The fourth-order valence-corrected chi connectivity index (χ4v) is 3.55. The number of amidine groups is 1. The highest BCUT2D eigenvalue weighted by molar-refractivity contribution is 6.30. The van der Waals surface area contributed by atoms with E-state index in [9.17, 15) is 9.59 Å². The van der Waals surface area contributed by atoms with E-state index < -0.39 is 5.97 Å². The second-order valence-corrected chi connectivity index (χ2v) is 8.74. The number of anilines is 1. The van der Waals surface area contributed by atoms with Crippen LogP contribution in [-0.2, 0) is 22.6 Å². The average Bonchev–Trinajstić information content (AvgIpc) is 2.90. The third-order valence-electron chi connectivity index (χ3n) is 5.21. The number of aliphatic carboxylic acids is 1. The summed E-state index contributed by atoms with van der Waals surface area (Å²) in [6.45, 7) is 2.64. The molecule has 0 saturated heterocycles. The van der Waals surface area contributed by atoms with Crippen LogP contribution in [0.2, 0.25) is 5.02 Å². The van der Waals surface area contributed by atoms with Crippen molar-refractivity contribution in [2.24, 2.45) is 5.73 Å². The summed E-state index contributed by atoms with van der Waals surface area (Å²) in [7, 11) is 1.58. The number of carbonyl (C=O) groups is 3. The Balaban J connectivity index is 0.00000124. The van der Waals surface area contributed by atoms with Crippen LogP contribution in [0.5, 0.6) is 0 Å². The summed E-state index contributed by atoms with van der Waals surface area (Å²) in [5.41, 5.74) is 9.68. The molecule has 2 amide bonds. The number of halogens is 1. The average molecular weight is 554 g/mol. The minimum absolute atomic E-state index is 0.0581. The molecule has 206 valence electrons. The maximum absolute atomic E-state index is 12.5. The van der Waals surface area contributed by atoms with Crippen molar-refractivity contribution in [2.75, 3.05) is 25.6 Å². The summed E-state index contributed by atoms with van der Waals surface area (Å²) in [4.78, 5) is 33.9. The molecule has 39 heavy (non-hydrogen) atoms. The number of nitrogens with one attached hydrogen (secondary N) is 4. The molecule has 0 heterocycles. The molecular weight excluding hydrogens is 522 g/mol. The second-order valence-electron chi connectivity index (χ2n) is 8.30. The molecular formula is C28H32ClN5O5. The molecule has 3 rings (SSSR count). The molecule has 0 atom stereocenters. The predicted octanol–water partition coefficient (Wildman–Crippen LogP) is 3.63. The molecule has 0 saturated carbocycles. The number of carbonyl (C=O) groups excluding carboxylic acids is 2. The van der Waals surface area contributed by atoms with E-state index in [0.717, 1.165) is 23.7 Å². The van der Waals surface area contributed by atoms with Crippen molar-refractivity contribution in [1.29, 1.82) is 5.41 Å². The normalized spacial score (nSPS) is 10.0. The van der Waals surface area contributed by atoms with Crippen molar-refractivity contribution < 1.29 is 24.2 Å². The number of nitrogens with two attached hydrogens (primary N) is 1. The van der Waals surface area contributed by atoms with Crippen molar-refractivity contribution in [2.45, 2.75) is 20.0 Å². The number of methoxy groups -OCH3 is 1. The highest BCUT2D eigenvalue weighted by Crippen LogP contribution is 2.20. The Morgan fingerprint density at radius 3 is 2.21 bits per heavy atom. The van der Waals surface area contributed by atoms with E-state index in [4.69, 9.17) is 37.4 Å². The van der Waals surface area contributed by atoms with Gasteiger partial charge in [0, 0.05) is 61.1 Å². The lowest BCUT2D eigenvalue weighted by atomic mass is 10.1. The maximum Gasteiger partial charge on any atom is 0.300 e. The summed E-state index contributed by atoms with van der Waals surface area (Å²) >= 11 is 5.99. The largest absolute Gasteiger partial charge is 0.481 e. The van der Waals surface area contributed by atoms with E-state index in [1.807, 2.05) is 24.3 Å². The molecule has 3 aromatic rings. The van der Waals surface area contributed by atoms with Gasteiger partial charge in [-0.2, -0.15) is 0 Å². The van der Waals surface area contributed by atoms with Crippen LogP contribution >= 0.6 is 11.6 Å². The lowest BCUT2D eigenvalue weighted by Crippen LogP contribution is -2.27. The molecule has 0 unspecified atom stereocenters. The molecule has 0 aliphatic rings. The minimum Gasteiger partial charge on any atom is -0.481 e. The molecule has 0 bridgehead atoms. The number of nitrogen functional groups attached to an aromatic ring is 1. The van der Waals surface area contributed by atoms with E-state index in [-0.39, 0.29) is 24.2 Å². The lowest BCUT2D eigenvalue weighted by Gasteiger charge is -2.15. The Morgan fingerprint density at radius 1 is 0.923 bits per heavy atom. The Morgan fingerprint density at radius 2 is 1.56 bits per heavy atom. The third kappa shape index (κ3) is 10.8. The standard InChI is InChI=1S/C26H28ClN5O3.C2H4O2/c1-35-11-10-30-25(33)19-5-2-4-17(12-19)15-31-23-14-18(24(28)29)8-9-21(23)16-32-26(34)20-6-3-7-22(27)13-20;1-2(3)4/h2-9,12-14,31H,10-11,15-16H2,1H3,(H3,28,29)(H,30,33)(H,32,34);1H3,(H,3,4). The van der Waals surface area contributed by atoms with Crippen molar-refractivity contribution in [3.8, 4) is 0 Å². The Labute approximate surface area is 232 Å². The number of rotatable bonds is 11. The zero-order valence-corrected chi connectivity index (χ0v) is 22.5. The van der Waals surface area contributed by atoms with Gasteiger partial charge in [0.15, 0.2) is 0 Å². The first-order valence-electron chi connectivity index (χ1n) is 11.9. The smallest absolute Gasteiger partial charge is 0.300 e. The number of benzene rings is 3. The first kappa shape index (κ1) is 30.8. The van der Waals surface area contributed by atoms with Crippen LogP contribution in [0.15, 0.2) is 66.7 Å². The van der Waals surface area contributed by atoms with Crippen molar-refractivity contribution in [1.82, 2.24) is 10.6 Å². The van der Waals surface area contributed by atoms with E-state index in [0.29, 0.717) is 41.4 Å². The number of hydrogen-bond donors (Lipinski definition) is 6. The Hall–Kier alpha value is -4.41. The maximum atomic E-state index is 12.5. The zero-order chi connectivity index (χ0) is 28.8. The van der Waals surface area contributed by atoms with Gasteiger partial charge in [0.2, 0.25) is 0 Å². The molecule has 0 spiro atoms. The van der Waals surface area contributed by atoms with Gasteiger partial charge in [-0.3, -0.25) is 19.8 Å². The number of hydrogen-bond acceptors (Lipinski definition) is 6. The number of carboxylic acid groups (broad SMARTS) is 1. The molecule has 0 aliphatic heterocycles. The van der Waals surface area contributed by atoms with Gasteiger partial charge in [0.1, 0.15) is 5.84 Å². The van der Waals surface area contributed by atoms with Crippen LogP contribution in [0, 0.1) is 5.41 Å². The van der Waals surface area contributed by atoms with Crippen molar-refractivity contribution in [3.05, 3.63) is 99.6 Å². The van der Waals surface area contributed by atoms with Crippen molar-refractivity contribution >= 4 is 40.9 Å². The molecule has 10 nitrogen and oxygen atoms in total. The molecule has 0 fully saturated rings. The molecule has 0 aromatic heterocycles. The summed E-state index contributed by atoms with van der Waals surface area (Å²) in [5.74, 6) is -1.31. The van der Waals surface area contributed by atoms with Gasteiger partial charge in [-0.05, 0) is 47.5 Å². The summed E-state index contributed by atoms with van der Waals surface area (Å²) in [6.07, 6.45) is 0. The fourth-order valence-electron chi connectivity index (χ4n) is 3.36. The van der Waals surface area contributed by atoms with Crippen molar-refractivity contribution in [3.63, 3.8) is 0 Å². The van der Waals surface area contributed by atoms with Gasteiger partial charge in [-0.25, -0.2) is 0 Å². The molecule has 0 radical (unpaired) electrons. The van der Waals surface area contributed by atoms with E-state index >= 15 is 0 Å². The van der Waals surface area contributed by atoms with E-state index in [1.54, 1.807) is 49.6 Å². The summed E-state index contributed by atoms with van der Waals surface area (Å²) in [5, 5.41) is 24.7. The van der Waals surface area contributed by atoms with Gasteiger partial charge in [0.05, 0.1) is 6.61 Å². The second kappa shape index (κ2) is 15.8. The molecule has 11 heteroatoms. The van der Waals surface area contributed by atoms with Crippen LogP contribution in [0.25, 0.3) is 0 Å². The molecule has 7 N–H and O–H groups in total. The highest BCUT2D eigenvalue weighted by atomic mass is 35.5. The fraction of sp³-hybridized carbons (Fsp3) is 0.214. The first-order valence-corrected chi connectivity index (χ1v) is 12.3. The topological polar surface area (TPSA) is 167 Å². The summed E-state index contributed by atoms with van der Waals surface area (Å²) in [6, 6.07) is 19.3. The highest BCUT2D eigenvalue weighted by Gasteiger charge is 2.11. The van der Waals surface area contributed by atoms with Gasteiger partial charge in [-0.15, -0.1) is 0 Å². The monoisotopic (exact) mass is 553 g/mol. The lowest BCUT2D eigenvalue weighted by molar-refractivity contribution is -0.134. The minimum atomic E-state index is -0.833. The van der Waals surface area contributed by atoms with Crippen LogP contribution in [0.1, 0.15) is 44.3 Å². The van der Waals surface area contributed by atoms with Crippen LogP contribution < -0.4 is 21.7 Å². The quantitative estimate of drug-likeness (QED) is 0.120. The number of carboxylic acids is 1. The molecule has 3 aromatic carbocycles. The Kier molecular flexibility index (Phi) is 12.4. The zero-order valence-electron chi connectivity index (χ0n) is 21.7. The third-order valence-corrected chi connectivity index (χ3v) is 5.45. The summed E-state index contributed by atoms with van der Waals surface area (Å²) < 4.78 is 4.96. The first-order chi connectivity index (χ1) is 18.6.